The molecular weight excluding hydrogens is 252 g/mol. The van der Waals surface area contributed by atoms with Crippen LogP contribution in [0.1, 0.15) is 0 Å². The normalized spacial score (nSPS) is 10.9. The van der Waals surface area contributed by atoms with Crippen LogP contribution in [0.4, 0.5) is 5.69 Å². The molecule has 2 N–H and O–H groups in total. The van der Waals surface area contributed by atoms with Crippen molar-refractivity contribution in [2.75, 3.05) is 11.5 Å². The Kier molecular flexibility index (Phi) is 3.47. The molecule has 3 aromatic rings. The van der Waals surface area contributed by atoms with Crippen molar-refractivity contribution in [1.82, 2.24) is 4.57 Å². The highest BCUT2D eigenvalue weighted by molar-refractivity contribution is 7.99. The van der Waals surface area contributed by atoms with Crippen LogP contribution in [0.3, 0.4) is 0 Å². The van der Waals surface area contributed by atoms with E-state index in [2.05, 4.69) is 47.2 Å². The van der Waals surface area contributed by atoms with Crippen molar-refractivity contribution in [3.05, 3.63) is 60.8 Å². The topological polar surface area (TPSA) is 30.9 Å². The molecule has 2 nitrogen and oxygen atoms in total. The molecule has 0 saturated heterocycles. The Morgan fingerprint density at radius 2 is 1.79 bits per heavy atom. The van der Waals surface area contributed by atoms with Gasteiger partial charge in [-0.2, -0.15) is 0 Å². The Morgan fingerprint density at radius 1 is 0.947 bits per heavy atom. The smallest absolute Gasteiger partial charge is 0.0714 e. The van der Waals surface area contributed by atoms with Gasteiger partial charge < -0.3 is 10.3 Å². The van der Waals surface area contributed by atoms with Gasteiger partial charge in [0.25, 0.3) is 0 Å². The highest BCUT2D eigenvalue weighted by atomic mass is 32.2. The highest BCUT2D eigenvalue weighted by Gasteiger charge is 2.03. The third kappa shape index (κ3) is 2.61. The van der Waals surface area contributed by atoms with E-state index in [1.54, 1.807) is 0 Å². The summed E-state index contributed by atoms with van der Waals surface area (Å²) in [7, 11) is 0. The zero-order valence-corrected chi connectivity index (χ0v) is 11.4. The fraction of sp³-hybridized carbons (Fsp3) is 0.125. The molecule has 1 aromatic heterocycles. The van der Waals surface area contributed by atoms with Crippen molar-refractivity contribution in [3.63, 3.8) is 0 Å². The molecule has 0 aliphatic carbocycles. The van der Waals surface area contributed by atoms with Gasteiger partial charge in [0.15, 0.2) is 0 Å². The molecule has 0 saturated carbocycles. The third-order valence-corrected chi connectivity index (χ3v) is 4.16. The summed E-state index contributed by atoms with van der Waals surface area (Å²) in [5.41, 5.74) is 8.06. The minimum Gasteiger partial charge on any atom is -0.397 e. The molecule has 0 bridgehead atoms. The van der Waals surface area contributed by atoms with E-state index in [0.717, 1.165) is 23.5 Å². The van der Waals surface area contributed by atoms with Gasteiger partial charge in [-0.3, -0.25) is 0 Å². The quantitative estimate of drug-likeness (QED) is 0.572. The maximum absolute atomic E-state index is 6.06. The van der Waals surface area contributed by atoms with Gasteiger partial charge in [-0.25, -0.2) is 0 Å². The maximum atomic E-state index is 6.06. The highest BCUT2D eigenvalue weighted by Crippen LogP contribution is 2.23. The van der Waals surface area contributed by atoms with E-state index in [1.165, 1.54) is 10.3 Å². The van der Waals surface area contributed by atoms with E-state index in [4.69, 9.17) is 5.73 Å². The van der Waals surface area contributed by atoms with Gasteiger partial charge in [0.2, 0.25) is 0 Å². The van der Waals surface area contributed by atoms with Crippen LogP contribution in [0.2, 0.25) is 0 Å². The van der Waals surface area contributed by atoms with Crippen LogP contribution in [0.25, 0.3) is 10.9 Å². The van der Waals surface area contributed by atoms with Crippen LogP contribution in [0, 0.1) is 0 Å². The zero-order chi connectivity index (χ0) is 13.1. The van der Waals surface area contributed by atoms with E-state index in [1.807, 2.05) is 30.0 Å². The van der Waals surface area contributed by atoms with E-state index in [-0.39, 0.29) is 0 Å². The van der Waals surface area contributed by atoms with Crippen molar-refractivity contribution < 1.29 is 0 Å². The second-order valence-electron chi connectivity index (χ2n) is 4.46. The second-order valence-corrected chi connectivity index (χ2v) is 5.62. The lowest BCUT2D eigenvalue weighted by atomic mass is 10.2. The number of benzene rings is 2. The van der Waals surface area contributed by atoms with Crippen LogP contribution in [0.5, 0.6) is 0 Å². The van der Waals surface area contributed by atoms with E-state index >= 15 is 0 Å². The minimum atomic E-state index is 0.854. The number of fused-ring (bicyclic) bond motifs is 1. The molecule has 3 heteroatoms. The Balaban J connectivity index is 1.72. The molecule has 0 unspecified atom stereocenters. The largest absolute Gasteiger partial charge is 0.397 e. The van der Waals surface area contributed by atoms with Crippen molar-refractivity contribution in [2.45, 2.75) is 11.4 Å². The lowest BCUT2D eigenvalue weighted by molar-refractivity contribution is 0.808. The number of rotatable bonds is 4. The summed E-state index contributed by atoms with van der Waals surface area (Å²) < 4.78 is 2.24. The number of thioether (sulfide) groups is 1. The number of nitrogens with two attached hydrogens (primary N) is 1. The lowest BCUT2D eigenvalue weighted by Gasteiger charge is -2.07. The predicted octanol–water partition coefficient (Wildman–Crippen LogP) is 4.02. The summed E-state index contributed by atoms with van der Waals surface area (Å²) in [4.78, 5) is 1.31. The van der Waals surface area contributed by atoms with Crippen LogP contribution >= 0.6 is 11.8 Å². The summed E-state index contributed by atoms with van der Waals surface area (Å²) in [6, 6.07) is 18.7. The van der Waals surface area contributed by atoms with Gasteiger partial charge in [0, 0.05) is 28.8 Å². The molecule has 96 valence electrons. The molecule has 3 rings (SSSR count). The Hall–Kier alpha value is -1.87. The lowest BCUT2D eigenvalue weighted by Crippen LogP contribution is -2.00. The number of aromatic nitrogens is 1. The van der Waals surface area contributed by atoms with Crippen LogP contribution < -0.4 is 5.73 Å². The molecular formula is C16H16N2S. The molecule has 0 radical (unpaired) electrons. The summed E-state index contributed by atoms with van der Waals surface area (Å²) in [6.07, 6.45) is 2.12. The van der Waals surface area contributed by atoms with Crippen LogP contribution in [-0.2, 0) is 6.54 Å². The first kappa shape index (κ1) is 12.2. The fourth-order valence-electron chi connectivity index (χ4n) is 2.26. The first-order chi connectivity index (χ1) is 9.34. The fourth-order valence-corrected chi connectivity index (χ4v) is 3.13. The number of hydrogen-bond donors (Lipinski definition) is 1. The third-order valence-electron chi connectivity index (χ3n) is 3.16. The average molecular weight is 268 g/mol. The number of nitrogens with zero attached hydrogens (tertiary/aromatic N) is 1. The molecule has 2 aromatic carbocycles. The van der Waals surface area contributed by atoms with Gasteiger partial charge in [-0.15, -0.1) is 11.8 Å². The molecule has 0 aliphatic heterocycles. The molecule has 0 amide bonds. The van der Waals surface area contributed by atoms with Crippen molar-refractivity contribution in [3.8, 4) is 0 Å². The van der Waals surface area contributed by atoms with Gasteiger partial charge in [0.1, 0.15) is 0 Å². The maximum Gasteiger partial charge on any atom is 0.0714 e. The minimum absolute atomic E-state index is 0.854. The molecule has 0 atom stereocenters. The molecule has 0 aliphatic rings. The first-order valence-corrected chi connectivity index (χ1v) is 7.34. The summed E-state index contributed by atoms with van der Waals surface area (Å²) in [5, 5.41) is 1.21. The van der Waals surface area contributed by atoms with E-state index in [0.29, 0.717) is 0 Å². The number of aryl methyl sites for hydroxylation is 1. The van der Waals surface area contributed by atoms with E-state index < -0.39 is 0 Å². The number of para-hydroxylation sites is 1. The SMILES string of the molecule is Nc1cccc2ccn(CCSc3ccccc3)c12. The molecule has 19 heavy (non-hydrogen) atoms. The molecule has 0 spiro atoms. The number of anilines is 1. The molecule has 0 fully saturated rings. The van der Waals surface area contributed by atoms with Crippen molar-refractivity contribution >= 4 is 28.4 Å². The number of hydrogen-bond acceptors (Lipinski definition) is 2. The summed E-state index contributed by atoms with van der Waals surface area (Å²) in [6.45, 7) is 0.970. The van der Waals surface area contributed by atoms with Crippen LogP contribution in [-0.4, -0.2) is 10.3 Å². The number of nitrogen functional groups attached to an aromatic ring is 1. The summed E-state index contributed by atoms with van der Waals surface area (Å²) in [5.74, 6) is 1.04. The zero-order valence-electron chi connectivity index (χ0n) is 10.6. The average Bonchev–Trinajstić information content (AvgIpc) is 2.85. The predicted molar refractivity (Wildman–Crippen MR) is 83.5 cm³/mol. The van der Waals surface area contributed by atoms with Gasteiger partial charge >= 0.3 is 0 Å². The monoisotopic (exact) mass is 268 g/mol. The Labute approximate surface area is 117 Å². The van der Waals surface area contributed by atoms with Crippen molar-refractivity contribution in [2.24, 2.45) is 0 Å². The van der Waals surface area contributed by atoms with Crippen molar-refractivity contribution in [1.29, 1.82) is 0 Å². The standard InChI is InChI=1S/C16H16N2S/c17-15-8-4-5-13-9-10-18(16(13)15)11-12-19-14-6-2-1-3-7-14/h1-10H,11-12,17H2. The Morgan fingerprint density at radius 3 is 2.63 bits per heavy atom. The first-order valence-electron chi connectivity index (χ1n) is 6.36. The second kappa shape index (κ2) is 5.41. The molecule has 1 heterocycles. The Bertz CT molecular complexity index is 674. The van der Waals surface area contributed by atoms with Gasteiger partial charge in [0.05, 0.1) is 11.2 Å². The van der Waals surface area contributed by atoms with E-state index in [9.17, 15) is 0 Å². The van der Waals surface area contributed by atoms with Gasteiger partial charge in [-0.1, -0.05) is 30.3 Å². The summed E-state index contributed by atoms with van der Waals surface area (Å²) >= 11 is 1.87. The van der Waals surface area contributed by atoms with Gasteiger partial charge in [-0.05, 0) is 24.3 Å². The van der Waals surface area contributed by atoms with Crippen LogP contribution in [0.15, 0.2) is 65.7 Å².